The van der Waals surface area contributed by atoms with Gasteiger partial charge in [-0.05, 0) is 60.7 Å². The molecule has 2 N–H and O–H groups in total. The summed E-state index contributed by atoms with van der Waals surface area (Å²) in [6, 6.07) is 20.9. The molecule has 0 unspecified atom stereocenters. The minimum Gasteiger partial charge on any atom is -0.322 e. The van der Waals surface area contributed by atoms with Gasteiger partial charge in [0.15, 0.2) is 0 Å². The maximum absolute atomic E-state index is 12.9. The average molecular weight is 334 g/mol. The van der Waals surface area contributed by atoms with Crippen molar-refractivity contribution in [2.45, 2.75) is 0 Å². The van der Waals surface area contributed by atoms with Crippen LogP contribution in [0, 0.1) is 5.82 Å². The van der Waals surface area contributed by atoms with Crippen LogP contribution in [-0.2, 0) is 0 Å². The summed E-state index contributed by atoms with van der Waals surface area (Å²) in [6.45, 7) is 0. The molecule has 0 heterocycles. The number of carbonyl (C=O) groups excluding carboxylic acids is 2. The number of anilines is 2. The minimum atomic E-state index is -0.364. The first-order chi connectivity index (χ1) is 12.1. The predicted octanol–water partition coefficient (Wildman–Crippen LogP) is 4.33. The van der Waals surface area contributed by atoms with Crippen LogP contribution in [0.3, 0.4) is 0 Å². The first-order valence-electron chi connectivity index (χ1n) is 7.65. The predicted molar refractivity (Wildman–Crippen MR) is 95.2 cm³/mol. The van der Waals surface area contributed by atoms with Gasteiger partial charge in [0, 0.05) is 22.5 Å². The lowest BCUT2D eigenvalue weighted by atomic mass is 10.1. The maximum atomic E-state index is 12.9. The van der Waals surface area contributed by atoms with E-state index in [0.29, 0.717) is 22.5 Å². The third kappa shape index (κ3) is 4.29. The molecule has 0 aliphatic rings. The zero-order valence-electron chi connectivity index (χ0n) is 13.2. The molecule has 0 bridgehead atoms. The molecule has 124 valence electrons. The number of carbonyl (C=O) groups is 2. The van der Waals surface area contributed by atoms with Crippen LogP contribution in [0.2, 0.25) is 0 Å². The van der Waals surface area contributed by atoms with E-state index in [-0.39, 0.29) is 17.6 Å². The molecule has 3 aromatic carbocycles. The van der Waals surface area contributed by atoms with Crippen LogP contribution in [0.15, 0.2) is 78.9 Å². The fourth-order valence-corrected chi connectivity index (χ4v) is 2.23. The second-order valence-electron chi connectivity index (χ2n) is 5.36. The highest BCUT2D eigenvalue weighted by molar-refractivity contribution is 6.06. The van der Waals surface area contributed by atoms with Crippen LogP contribution in [0.4, 0.5) is 15.8 Å². The largest absolute Gasteiger partial charge is 0.322 e. The highest BCUT2D eigenvalue weighted by Crippen LogP contribution is 2.14. The fourth-order valence-electron chi connectivity index (χ4n) is 2.23. The van der Waals surface area contributed by atoms with Crippen molar-refractivity contribution in [3.05, 3.63) is 95.8 Å². The molecule has 0 saturated carbocycles. The molecule has 0 atom stereocenters. The van der Waals surface area contributed by atoms with E-state index in [2.05, 4.69) is 10.6 Å². The molecule has 0 aliphatic heterocycles. The van der Waals surface area contributed by atoms with Gasteiger partial charge in [-0.1, -0.05) is 18.2 Å². The molecule has 0 saturated heterocycles. The van der Waals surface area contributed by atoms with Crippen molar-refractivity contribution in [3.8, 4) is 0 Å². The van der Waals surface area contributed by atoms with Crippen LogP contribution in [0.25, 0.3) is 0 Å². The Balaban J connectivity index is 1.64. The quantitative estimate of drug-likeness (QED) is 0.746. The summed E-state index contributed by atoms with van der Waals surface area (Å²) in [5.74, 6) is -0.895. The maximum Gasteiger partial charge on any atom is 0.255 e. The number of nitrogens with one attached hydrogen (secondary N) is 2. The number of rotatable bonds is 4. The van der Waals surface area contributed by atoms with Gasteiger partial charge in [0.1, 0.15) is 5.82 Å². The number of hydrogen-bond donors (Lipinski definition) is 2. The van der Waals surface area contributed by atoms with E-state index in [9.17, 15) is 14.0 Å². The van der Waals surface area contributed by atoms with Gasteiger partial charge in [-0.25, -0.2) is 4.39 Å². The first kappa shape index (κ1) is 16.4. The van der Waals surface area contributed by atoms with E-state index in [1.54, 1.807) is 48.5 Å². The highest BCUT2D eigenvalue weighted by atomic mass is 19.1. The van der Waals surface area contributed by atoms with Crippen molar-refractivity contribution in [2.24, 2.45) is 0 Å². The lowest BCUT2D eigenvalue weighted by Crippen LogP contribution is -2.13. The first-order valence-corrected chi connectivity index (χ1v) is 7.65. The van der Waals surface area contributed by atoms with Gasteiger partial charge in [-0.3, -0.25) is 9.59 Å². The van der Waals surface area contributed by atoms with Crippen molar-refractivity contribution in [3.63, 3.8) is 0 Å². The number of benzene rings is 3. The smallest absolute Gasteiger partial charge is 0.255 e. The molecular formula is C20H15FN2O2. The molecule has 4 nitrogen and oxygen atoms in total. The Kier molecular flexibility index (Phi) is 4.85. The standard InChI is InChI=1S/C20H15FN2O2/c21-16-8-12-18(13-9-16)23-20(25)15-6-10-17(11-7-15)22-19(24)14-4-2-1-3-5-14/h1-13H,(H,22,24)(H,23,25). The molecule has 0 aliphatic carbocycles. The van der Waals surface area contributed by atoms with Gasteiger partial charge in [0.05, 0.1) is 0 Å². The van der Waals surface area contributed by atoms with Gasteiger partial charge >= 0.3 is 0 Å². The summed E-state index contributed by atoms with van der Waals surface area (Å²) in [7, 11) is 0. The Morgan fingerprint density at radius 3 is 1.56 bits per heavy atom. The molecule has 2 amide bonds. The van der Waals surface area contributed by atoms with E-state index in [1.807, 2.05) is 6.07 Å². The van der Waals surface area contributed by atoms with Crippen molar-refractivity contribution in [1.29, 1.82) is 0 Å². The Morgan fingerprint density at radius 1 is 0.600 bits per heavy atom. The molecule has 25 heavy (non-hydrogen) atoms. The second-order valence-corrected chi connectivity index (χ2v) is 5.36. The third-order valence-corrected chi connectivity index (χ3v) is 3.54. The van der Waals surface area contributed by atoms with E-state index in [0.717, 1.165) is 0 Å². The zero-order chi connectivity index (χ0) is 17.6. The van der Waals surface area contributed by atoms with Crippen molar-refractivity contribution >= 4 is 23.2 Å². The number of hydrogen-bond acceptors (Lipinski definition) is 2. The molecule has 0 spiro atoms. The molecule has 3 aromatic rings. The minimum absolute atomic E-state index is 0.218. The molecule has 3 rings (SSSR count). The summed E-state index contributed by atoms with van der Waals surface area (Å²) in [4.78, 5) is 24.2. The third-order valence-electron chi connectivity index (χ3n) is 3.54. The van der Waals surface area contributed by atoms with Gasteiger partial charge in [0.2, 0.25) is 0 Å². The SMILES string of the molecule is O=C(Nc1ccc(C(=O)Nc2ccc(F)cc2)cc1)c1ccccc1. The van der Waals surface area contributed by atoms with E-state index >= 15 is 0 Å². The second kappa shape index (κ2) is 7.40. The lowest BCUT2D eigenvalue weighted by Gasteiger charge is -2.08. The monoisotopic (exact) mass is 334 g/mol. The molecule has 0 aromatic heterocycles. The normalized spacial score (nSPS) is 10.1. The van der Waals surface area contributed by atoms with Gasteiger partial charge < -0.3 is 10.6 Å². The summed E-state index contributed by atoms with van der Waals surface area (Å²) in [5, 5.41) is 5.45. The Hall–Kier alpha value is -3.47. The fraction of sp³-hybridized carbons (Fsp3) is 0. The molecule has 0 fully saturated rings. The number of halogens is 1. The van der Waals surface area contributed by atoms with Gasteiger partial charge in [0.25, 0.3) is 11.8 Å². The van der Waals surface area contributed by atoms with Crippen LogP contribution >= 0.6 is 0 Å². The van der Waals surface area contributed by atoms with Gasteiger partial charge in [-0.15, -0.1) is 0 Å². The van der Waals surface area contributed by atoms with Crippen LogP contribution in [-0.4, -0.2) is 11.8 Å². The van der Waals surface area contributed by atoms with Gasteiger partial charge in [-0.2, -0.15) is 0 Å². The summed E-state index contributed by atoms with van der Waals surface area (Å²) in [6.07, 6.45) is 0. The van der Waals surface area contributed by atoms with E-state index in [1.165, 1.54) is 24.3 Å². The van der Waals surface area contributed by atoms with Crippen molar-refractivity contribution < 1.29 is 14.0 Å². The summed E-state index contributed by atoms with van der Waals surface area (Å²) >= 11 is 0. The molecule has 0 radical (unpaired) electrons. The van der Waals surface area contributed by atoms with E-state index < -0.39 is 0 Å². The number of amides is 2. The summed E-state index contributed by atoms with van der Waals surface area (Å²) in [5.41, 5.74) is 2.09. The molecule has 5 heteroatoms. The highest BCUT2D eigenvalue weighted by Gasteiger charge is 2.08. The lowest BCUT2D eigenvalue weighted by molar-refractivity contribution is 0.102. The molecular weight excluding hydrogens is 319 g/mol. The topological polar surface area (TPSA) is 58.2 Å². The van der Waals surface area contributed by atoms with Crippen LogP contribution < -0.4 is 10.6 Å². The average Bonchev–Trinajstić information content (AvgIpc) is 2.65. The Labute approximate surface area is 144 Å². The zero-order valence-corrected chi connectivity index (χ0v) is 13.2. The van der Waals surface area contributed by atoms with Crippen LogP contribution in [0.1, 0.15) is 20.7 Å². The summed E-state index contributed by atoms with van der Waals surface area (Å²) < 4.78 is 12.9. The van der Waals surface area contributed by atoms with Crippen molar-refractivity contribution in [1.82, 2.24) is 0 Å². The van der Waals surface area contributed by atoms with E-state index in [4.69, 9.17) is 0 Å². The Bertz CT molecular complexity index is 876. The van der Waals surface area contributed by atoms with Crippen molar-refractivity contribution in [2.75, 3.05) is 10.6 Å². The Morgan fingerprint density at radius 2 is 1.04 bits per heavy atom. The van der Waals surface area contributed by atoms with Crippen LogP contribution in [0.5, 0.6) is 0 Å².